The Morgan fingerprint density at radius 3 is 2.31 bits per heavy atom. The first kappa shape index (κ1) is 21.9. The summed E-state index contributed by atoms with van der Waals surface area (Å²) in [5.41, 5.74) is -0.406. The molecule has 2 aromatic carbocycles. The minimum Gasteiger partial charge on any atom is -0.385 e. The number of halogens is 6. The van der Waals surface area contributed by atoms with E-state index in [1.54, 1.807) is 0 Å². The van der Waals surface area contributed by atoms with Gasteiger partial charge in [0.05, 0.1) is 17.7 Å². The van der Waals surface area contributed by atoms with Crippen molar-refractivity contribution in [3.8, 4) is 12.3 Å². The van der Waals surface area contributed by atoms with Gasteiger partial charge >= 0.3 is 18.4 Å². The number of terminal acetylenes is 1. The fourth-order valence-corrected chi connectivity index (χ4v) is 2.29. The second-order valence-corrected chi connectivity index (χ2v) is 5.85. The van der Waals surface area contributed by atoms with Crippen LogP contribution in [0.4, 0.5) is 48.2 Å². The van der Waals surface area contributed by atoms with E-state index in [9.17, 15) is 31.1 Å². The molecule has 0 saturated carbocycles. The predicted molar refractivity (Wildman–Crippen MR) is 97.6 cm³/mol. The first-order valence-electron chi connectivity index (χ1n) is 8.14. The lowest BCUT2D eigenvalue weighted by Gasteiger charge is -2.14. The number of carbonyl (C=O) groups excluding carboxylic acids is 1. The number of alkyl halides is 6. The van der Waals surface area contributed by atoms with Gasteiger partial charge in [0, 0.05) is 23.5 Å². The zero-order valence-corrected chi connectivity index (χ0v) is 14.7. The largest absolute Gasteiger partial charge is 0.416 e. The van der Waals surface area contributed by atoms with E-state index in [1.807, 2.05) is 0 Å². The first-order chi connectivity index (χ1) is 13.5. The van der Waals surface area contributed by atoms with Crippen molar-refractivity contribution >= 4 is 23.1 Å². The second kappa shape index (κ2) is 8.77. The average molecular weight is 415 g/mol. The lowest BCUT2D eigenvalue weighted by molar-refractivity contribution is -0.137. The Morgan fingerprint density at radius 1 is 0.966 bits per heavy atom. The molecule has 0 aliphatic heterocycles. The summed E-state index contributed by atoms with van der Waals surface area (Å²) in [6.07, 6.45) is -4.60. The Morgan fingerprint density at radius 2 is 1.69 bits per heavy atom. The Labute approximate surface area is 162 Å². The van der Waals surface area contributed by atoms with Crippen molar-refractivity contribution in [3.05, 3.63) is 53.6 Å². The number of amides is 2. The Bertz CT molecular complexity index is 915. The zero-order valence-electron chi connectivity index (χ0n) is 14.7. The molecule has 0 spiro atoms. The van der Waals surface area contributed by atoms with E-state index in [0.717, 1.165) is 18.2 Å². The van der Waals surface area contributed by atoms with Crippen LogP contribution in [-0.2, 0) is 6.18 Å². The minimum absolute atomic E-state index is 0.0981. The number of nitrogens with one attached hydrogen (secondary N) is 3. The van der Waals surface area contributed by atoms with Gasteiger partial charge < -0.3 is 16.0 Å². The quantitative estimate of drug-likeness (QED) is 0.434. The van der Waals surface area contributed by atoms with E-state index in [4.69, 9.17) is 6.42 Å². The Balaban J connectivity index is 2.09. The second-order valence-electron chi connectivity index (χ2n) is 5.85. The first-order valence-corrected chi connectivity index (χ1v) is 8.14. The lowest BCUT2D eigenvalue weighted by atomic mass is 10.1. The number of carbonyl (C=O) groups is 1. The van der Waals surface area contributed by atoms with E-state index in [1.165, 1.54) is 24.3 Å². The normalized spacial score (nSPS) is 11.5. The Kier molecular flexibility index (Phi) is 6.64. The molecule has 0 aliphatic carbocycles. The van der Waals surface area contributed by atoms with Crippen molar-refractivity contribution in [1.29, 1.82) is 0 Å². The van der Waals surface area contributed by atoms with Crippen molar-refractivity contribution in [3.63, 3.8) is 0 Å². The van der Waals surface area contributed by atoms with Crippen LogP contribution < -0.4 is 16.0 Å². The van der Waals surface area contributed by atoms with Gasteiger partial charge in [0.2, 0.25) is 0 Å². The summed E-state index contributed by atoms with van der Waals surface area (Å²) in [5.74, 6) is 2.30. The van der Waals surface area contributed by atoms with Gasteiger partial charge in [-0.05, 0) is 36.4 Å². The molecule has 2 aromatic rings. The molecule has 0 saturated heterocycles. The number of benzene rings is 2. The molecule has 0 atom stereocenters. The van der Waals surface area contributed by atoms with E-state index < -0.39 is 30.4 Å². The molecule has 3 N–H and O–H groups in total. The maximum Gasteiger partial charge on any atom is 0.416 e. The van der Waals surface area contributed by atoms with Crippen LogP contribution in [0.3, 0.4) is 0 Å². The van der Waals surface area contributed by atoms with Gasteiger partial charge in [-0.2, -0.15) is 26.3 Å². The third kappa shape index (κ3) is 6.95. The van der Waals surface area contributed by atoms with Crippen LogP contribution in [0.15, 0.2) is 42.5 Å². The van der Waals surface area contributed by atoms with Gasteiger partial charge in [-0.25, -0.2) is 4.79 Å². The summed E-state index contributed by atoms with van der Waals surface area (Å²) < 4.78 is 74.9. The molecular weight excluding hydrogens is 400 g/mol. The van der Waals surface area contributed by atoms with Crippen LogP contribution in [0, 0.1) is 12.3 Å². The van der Waals surface area contributed by atoms with E-state index in [-0.39, 0.29) is 29.2 Å². The highest BCUT2D eigenvalue weighted by Gasteiger charge is 2.30. The topological polar surface area (TPSA) is 53.2 Å². The molecule has 0 aliphatic rings. The van der Waals surface area contributed by atoms with Crippen molar-refractivity contribution < 1.29 is 31.1 Å². The molecule has 0 fully saturated rings. The SMILES string of the molecule is C#Cc1ccc(NCCC(F)(F)F)cc1NC(=O)Nc1cccc(C(F)(F)F)c1. The van der Waals surface area contributed by atoms with Gasteiger partial charge in [0.1, 0.15) is 0 Å². The van der Waals surface area contributed by atoms with Gasteiger partial charge in [-0.1, -0.05) is 12.0 Å². The van der Waals surface area contributed by atoms with Gasteiger partial charge in [-0.3, -0.25) is 0 Å². The van der Waals surface area contributed by atoms with E-state index >= 15 is 0 Å². The third-order valence-corrected chi connectivity index (χ3v) is 3.61. The zero-order chi connectivity index (χ0) is 21.7. The summed E-state index contributed by atoms with van der Waals surface area (Å²) in [6.45, 7) is -0.380. The summed E-state index contributed by atoms with van der Waals surface area (Å²) in [5, 5.41) is 7.18. The van der Waals surface area contributed by atoms with Crippen molar-refractivity contribution in [2.24, 2.45) is 0 Å². The van der Waals surface area contributed by atoms with Gasteiger partial charge in [-0.15, -0.1) is 6.42 Å². The maximum atomic E-state index is 12.7. The van der Waals surface area contributed by atoms with Gasteiger partial charge in [0.25, 0.3) is 0 Å². The number of hydrogen-bond acceptors (Lipinski definition) is 2. The van der Waals surface area contributed by atoms with E-state index in [0.29, 0.717) is 0 Å². The molecule has 2 amide bonds. The highest BCUT2D eigenvalue weighted by Crippen LogP contribution is 2.30. The molecular formula is C19H15F6N3O. The molecule has 4 nitrogen and oxygen atoms in total. The summed E-state index contributed by atoms with van der Waals surface area (Å²) in [4.78, 5) is 12.1. The molecule has 154 valence electrons. The van der Waals surface area contributed by atoms with E-state index in [2.05, 4.69) is 21.9 Å². The Hall–Kier alpha value is -3.35. The highest BCUT2D eigenvalue weighted by molar-refractivity contribution is 6.01. The van der Waals surface area contributed by atoms with Crippen LogP contribution in [0.1, 0.15) is 17.5 Å². The molecule has 0 bridgehead atoms. The van der Waals surface area contributed by atoms with Gasteiger partial charge in [0.15, 0.2) is 0 Å². The number of hydrogen-bond donors (Lipinski definition) is 3. The predicted octanol–water partition coefficient (Wildman–Crippen LogP) is 5.70. The van der Waals surface area contributed by atoms with Crippen LogP contribution in [0.25, 0.3) is 0 Å². The minimum atomic E-state index is -4.57. The summed E-state index contributed by atoms with van der Waals surface area (Å²) in [7, 11) is 0. The fourth-order valence-electron chi connectivity index (χ4n) is 2.29. The maximum absolute atomic E-state index is 12.7. The lowest BCUT2D eigenvalue weighted by Crippen LogP contribution is -2.20. The molecule has 10 heteroatoms. The summed E-state index contributed by atoms with van der Waals surface area (Å²) in [6, 6.07) is 7.34. The number of rotatable bonds is 5. The average Bonchev–Trinajstić information content (AvgIpc) is 2.60. The summed E-state index contributed by atoms with van der Waals surface area (Å²) >= 11 is 0. The molecule has 2 rings (SSSR count). The van der Waals surface area contributed by atoms with Crippen LogP contribution in [0.2, 0.25) is 0 Å². The molecule has 0 aromatic heterocycles. The fraction of sp³-hybridized carbons (Fsp3) is 0.211. The molecule has 0 radical (unpaired) electrons. The smallest absolute Gasteiger partial charge is 0.385 e. The molecule has 0 unspecified atom stereocenters. The van der Waals surface area contributed by atoms with Crippen LogP contribution in [-0.4, -0.2) is 18.8 Å². The standard InChI is InChI=1S/C19H15F6N3O/c1-2-12-6-7-14(26-9-8-18(20,21)22)11-16(12)28-17(29)27-15-5-3-4-13(10-15)19(23,24)25/h1,3-7,10-11,26H,8-9H2,(H2,27,28,29). The van der Waals surface area contributed by atoms with Crippen molar-refractivity contribution in [2.75, 3.05) is 22.5 Å². The monoisotopic (exact) mass is 415 g/mol. The third-order valence-electron chi connectivity index (χ3n) is 3.61. The number of anilines is 3. The molecule has 29 heavy (non-hydrogen) atoms. The molecule has 0 heterocycles. The van der Waals surface area contributed by atoms with Crippen LogP contribution >= 0.6 is 0 Å². The van der Waals surface area contributed by atoms with Crippen molar-refractivity contribution in [1.82, 2.24) is 0 Å². The number of urea groups is 1. The van der Waals surface area contributed by atoms with Crippen molar-refractivity contribution in [2.45, 2.75) is 18.8 Å². The van der Waals surface area contributed by atoms with Crippen LogP contribution in [0.5, 0.6) is 0 Å². The highest BCUT2D eigenvalue weighted by atomic mass is 19.4.